The molecule has 0 aromatic heterocycles. The first-order valence-electron chi connectivity index (χ1n) is 6.50. The smallest absolute Gasteiger partial charge is 0.408 e. The highest BCUT2D eigenvalue weighted by Gasteiger charge is 2.26. The van der Waals surface area contributed by atoms with E-state index in [0.29, 0.717) is 0 Å². The molecule has 0 aliphatic heterocycles. The van der Waals surface area contributed by atoms with Crippen LogP contribution in [0.25, 0.3) is 0 Å². The van der Waals surface area contributed by atoms with Crippen LogP contribution in [0.2, 0.25) is 15.1 Å². The molecule has 23 heavy (non-hydrogen) atoms. The molecule has 0 bridgehead atoms. The number of rotatable bonds is 4. The molecule has 9 heteroatoms. The van der Waals surface area contributed by atoms with Crippen LogP contribution in [0.3, 0.4) is 0 Å². The third-order valence-electron chi connectivity index (χ3n) is 2.32. The number of carbonyl (C=O) groups is 2. The second kappa shape index (κ2) is 8.06. The Morgan fingerprint density at radius 2 is 1.74 bits per heavy atom. The molecule has 1 amide bonds. The van der Waals surface area contributed by atoms with Crippen molar-refractivity contribution < 1.29 is 24.2 Å². The summed E-state index contributed by atoms with van der Waals surface area (Å²) in [6.45, 7) is 4.28. The lowest BCUT2D eigenvalue weighted by molar-refractivity contribution is -0.137. The van der Waals surface area contributed by atoms with Gasteiger partial charge in [-0.15, -0.1) is 0 Å². The molecule has 1 atom stereocenters. The number of benzene rings is 1. The number of hydrogen-bond donors (Lipinski definition) is 2. The minimum atomic E-state index is -1.34. The third kappa shape index (κ3) is 6.43. The van der Waals surface area contributed by atoms with E-state index in [-0.39, 0.29) is 20.8 Å². The number of aliphatic hydroxyl groups excluding tert-OH is 1. The van der Waals surface area contributed by atoms with Gasteiger partial charge in [0.05, 0.1) is 16.7 Å². The molecule has 1 aromatic rings. The molecule has 0 spiro atoms. The van der Waals surface area contributed by atoms with Crippen molar-refractivity contribution in [3.05, 3.63) is 27.2 Å². The highest BCUT2D eigenvalue weighted by molar-refractivity contribution is 6.40. The van der Waals surface area contributed by atoms with Gasteiger partial charge in [-0.2, -0.15) is 0 Å². The minimum Gasteiger partial charge on any atom is -0.444 e. The Balaban J connectivity index is 2.80. The number of ether oxygens (including phenoxy) is 2. The van der Waals surface area contributed by atoms with E-state index >= 15 is 0 Å². The maximum atomic E-state index is 12.0. The number of nitrogens with one attached hydrogen (secondary N) is 1. The zero-order valence-electron chi connectivity index (χ0n) is 12.7. The average molecular weight is 385 g/mol. The van der Waals surface area contributed by atoms with E-state index in [1.54, 1.807) is 20.8 Å². The fourth-order valence-electron chi connectivity index (χ4n) is 1.43. The monoisotopic (exact) mass is 383 g/mol. The highest BCUT2D eigenvalue weighted by Crippen LogP contribution is 2.36. The van der Waals surface area contributed by atoms with E-state index in [1.807, 2.05) is 0 Å². The normalized spacial score (nSPS) is 12.5. The van der Waals surface area contributed by atoms with E-state index in [1.165, 1.54) is 12.1 Å². The number of amides is 1. The van der Waals surface area contributed by atoms with Crippen molar-refractivity contribution in [2.75, 3.05) is 6.61 Å². The average Bonchev–Trinajstić information content (AvgIpc) is 2.37. The Morgan fingerprint density at radius 1 is 1.22 bits per heavy atom. The summed E-state index contributed by atoms with van der Waals surface area (Å²) in [5, 5.41) is 11.7. The summed E-state index contributed by atoms with van der Waals surface area (Å²) in [7, 11) is 0. The number of alkyl carbamates (subject to hydrolysis) is 1. The van der Waals surface area contributed by atoms with Crippen LogP contribution in [-0.4, -0.2) is 35.4 Å². The molecule has 0 aliphatic rings. The lowest BCUT2D eigenvalue weighted by atomic mass is 10.2. The second-order valence-corrected chi connectivity index (χ2v) is 6.75. The van der Waals surface area contributed by atoms with Gasteiger partial charge in [-0.05, 0) is 32.9 Å². The zero-order valence-corrected chi connectivity index (χ0v) is 14.9. The quantitative estimate of drug-likeness (QED) is 0.613. The molecule has 0 radical (unpaired) electrons. The van der Waals surface area contributed by atoms with Crippen LogP contribution in [0.5, 0.6) is 5.75 Å². The highest BCUT2D eigenvalue weighted by atomic mass is 35.5. The largest absolute Gasteiger partial charge is 0.444 e. The van der Waals surface area contributed by atoms with E-state index in [4.69, 9.17) is 44.3 Å². The van der Waals surface area contributed by atoms with Crippen molar-refractivity contribution in [2.45, 2.75) is 32.4 Å². The van der Waals surface area contributed by atoms with Crippen LogP contribution in [0.4, 0.5) is 4.79 Å². The molecule has 0 heterocycles. The zero-order chi connectivity index (χ0) is 17.8. The van der Waals surface area contributed by atoms with E-state index in [0.717, 1.165) is 0 Å². The lowest BCUT2D eigenvalue weighted by Gasteiger charge is -2.22. The molecular weight excluding hydrogens is 369 g/mol. The van der Waals surface area contributed by atoms with Crippen LogP contribution >= 0.6 is 34.8 Å². The molecule has 1 rings (SSSR count). The summed E-state index contributed by atoms with van der Waals surface area (Å²) in [5.74, 6) is -1.07. The molecule has 0 aliphatic carbocycles. The van der Waals surface area contributed by atoms with Gasteiger partial charge in [-0.1, -0.05) is 34.8 Å². The Kier molecular flexibility index (Phi) is 6.95. The van der Waals surface area contributed by atoms with Gasteiger partial charge in [0.15, 0.2) is 11.8 Å². The van der Waals surface area contributed by atoms with Gasteiger partial charge in [0.2, 0.25) is 0 Å². The summed E-state index contributed by atoms with van der Waals surface area (Å²) in [6.07, 6.45) is -0.873. The lowest BCUT2D eigenvalue weighted by Crippen LogP contribution is -2.47. The van der Waals surface area contributed by atoms with Crippen LogP contribution in [-0.2, 0) is 9.53 Å². The summed E-state index contributed by atoms with van der Waals surface area (Å²) in [5.41, 5.74) is -0.753. The van der Waals surface area contributed by atoms with Crippen molar-refractivity contribution in [2.24, 2.45) is 0 Å². The maximum Gasteiger partial charge on any atom is 0.408 e. The van der Waals surface area contributed by atoms with Crippen molar-refractivity contribution in [3.63, 3.8) is 0 Å². The Morgan fingerprint density at radius 3 is 2.17 bits per heavy atom. The molecule has 128 valence electrons. The van der Waals surface area contributed by atoms with Crippen LogP contribution in [0, 0.1) is 0 Å². The third-order valence-corrected chi connectivity index (χ3v) is 3.10. The van der Waals surface area contributed by atoms with Crippen molar-refractivity contribution in [1.29, 1.82) is 0 Å². The summed E-state index contributed by atoms with van der Waals surface area (Å²) >= 11 is 17.6. The van der Waals surface area contributed by atoms with Crippen molar-refractivity contribution >= 4 is 46.9 Å². The molecule has 6 nitrogen and oxygen atoms in total. The first-order chi connectivity index (χ1) is 10.5. The van der Waals surface area contributed by atoms with Gasteiger partial charge >= 0.3 is 12.1 Å². The van der Waals surface area contributed by atoms with Gasteiger partial charge in [0.1, 0.15) is 5.60 Å². The number of hydrogen-bond acceptors (Lipinski definition) is 5. The first-order valence-corrected chi connectivity index (χ1v) is 7.63. The van der Waals surface area contributed by atoms with Gasteiger partial charge in [-0.25, -0.2) is 9.59 Å². The maximum absolute atomic E-state index is 12.0. The van der Waals surface area contributed by atoms with Crippen LogP contribution in [0.1, 0.15) is 20.8 Å². The molecule has 0 fully saturated rings. The first kappa shape index (κ1) is 19.8. The van der Waals surface area contributed by atoms with Gasteiger partial charge in [-0.3, -0.25) is 0 Å². The van der Waals surface area contributed by atoms with Gasteiger partial charge < -0.3 is 19.9 Å². The minimum absolute atomic E-state index is 0.0183. The summed E-state index contributed by atoms with van der Waals surface area (Å²) < 4.78 is 10.0. The topological polar surface area (TPSA) is 84.9 Å². The number of halogens is 3. The molecule has 0 unspecified atom stereocenters. The fourth-order valence-corrected chi connectivity index (χ4v) is 2.32. The number of carbonyl (C=O) groups excluding carboxylic acids is 2. The molecule has 0 saturated heterocycles. The van der Waals surface area contributed by atoms with Gasteiger partial charge in [0.25, 0.3) is 0 Å². The Hall–Kier alpha value is -1.21. The van der Waals surface area contributed by atoms with E-state index in [9.17, 15) is 14.7 Å². The molecule has 2 N–H and O–H groups in total. The molecule has 0 saturated carbocycles. The molecular formula is C14H16Cl3NO5. The summed E-state index contributed by atoms with van der Waals surface area (Å²) in [4.78, 5) is 23.7. The Bertz CT molecular complexity index is 578. The van der Waals surface area contributed by atoms with Crippen molar-refractivity contribution in [3.8, 4) is 5.75 Å². The second-order valence-electron chi connectivity index (χ2n) is 5.50. The van der Waals surface area contributed by atoms with Crippen molar-refractivity contribution in [1.82, 2.24) is 5.32 Å². The Labute approximate surface area is 148 Å². The predicted octanol–water partition coefficient (Wildman–Crippen LogP) is 3.44. The van der Waals surface area contributed by atoms with Crippen LogP contribution < -0.4 is 10.1 Å². The predicted molar refractivity (Wildman–Crippen MR) is 87.4 cm³/mol. The SMILES string of the molecule is CC(C)(C)OC(=O)N[C@@H](CO)C(=O)Oc1c(Cl)cc(Cl)cc1Cl. The number of esters is 1. The van der Waals surface area contributed by atoms with E-state index < -0.39 is 30.3 Å². The fraction of sp³-hybridized carbons (Fsp3) is 0.429. The standard InChI is InChI=1S/C14H16Cl3NO5/c1-14(2,3)23-13(21)18-10(6-19)12(20)22-11-8(16)4-7(15)5-9(11)17/h4-5,10,19H,6H2,1-3H3,(H,18,21)/t10-/m0/s1. The van der Waals surface area contributed by atoms with Crippen LogP contribution in [0.15, 0.2) is 12.1 Å². The summed E-state index contributed by atoms with van der Waals surface area (Å²) in [6, 6.07) is 1.34. The number of aliphatic hydroxyl groups is 1. The van der Waals surface area contributed by atoms with E-state index in [2.05, 4.69) is 5.32 Å². The molecule has 1 aromatic carbocycles. The van der Waals surface area contributed by atoms with Gasteiger partial charge in [0, 0.05) is 5.02 Å².